The molecule has 6 aromatic rings. The molecule has 0 aliphatic heterocycles. The highest BCUT2D eigenvalue weighted by atomic mass is 14.4. The van der Waals surface area contributed by atoms with Crippen molar-refractivity contribution in [1.82, 2.24) is 0 Å². The van der Waals surface area contributed by atoms with Crippen LogP contribution in [0.5, 0.6) is 0 Å². The highest BCUT2D eigenvalue weighted by molar-refractivity contribution is 5.88. The van der Waals surface area contributed by atoms with Crippen LogP contribution in [0.1, 0.15) is 92.0 Å². The Hall–Kier alpha value is -5.20. The van der Waals surface area contributed by atoms with Crippen molar-refractivity contribution >= 4 is 17.7 Å². The molecule has 1 unspecified atom stereocenters. The van der Waals surface area contributed by atoms with E-state index in [0.717, 1.165) is 0 Å². The van der Waals surface area contributed by atoms with E-state index in [0.29, 0.717) is 0 Å². The predicted octanol–water partition coefficient (Wildman–Crippen LogP) is 11.2. The standard InChI is InChI=1S/C49H44/c1-48(2,3)38-25-27-39-37(28-38)30-43-42(39)31-44(45(34-18-12-8-13-19-34)35-20-14-9-15-21-35)47(49(4,5)6)46(43)40-26-24-33-22-23-36(29-41(33)40)32-16-10-7-11-17-32/h7-31,40H,1-6H3. The minimum atomic E-state index is -0.138. The Kier molecular flexibility index (Phi) is 7.45. The molecule has 0 saturated carbocycles. The summed E-state index contributed by atoms with van der Waals surface area (Å²) in [5.41, 5.74) is 17.1. The molecule has 240 valence electrons. The van der Waals surface area contributed by atoms with Gasteiger partial charge in [-0.25, -0.2) is 0 Å². The number of benzene rings is 6. The van der Waals surface area contributed by atoms with E-state index in [-0.39, 0.29) is 16.7 Å². The summed E-state index contributed by atoms with van der Waals surface area (Å²) in [5.74, 6) is 0.127. The number of hydrogen-bond donors (Lipinski definition) is 0. The van der Waals surface area contributed by atoms with E-state index in [1.807, 2.05) is 0 Å². The zero-order valence-corrected chi connectivity index (χ0v) is 29.5. The summed E-state index contributed by atoms with van der Waals surface area (Å²) in [4.78, 5) is 0. The van der Waals surface area contributed by atoms with E-state index in [1.54, 1.807) is 0 Å². The van der Waals surface area contributed by atoms with Crippen LogP contribution in [-0.4, -0.2) is 0 Å². The molecule has 0 aromatic heterocycles. The summed E-state index contributed by atoms with van der Waals surface area (Å²) in [6.07, 6.45) is 7.29. The zero-order chi connectivity index (χ0) is 33.9. The first-order valence-corrected chi connectivity index (χ1v) is 17.6. The predicted molar refractivity (Wildman–Crippen MR) is 209 cm³/mol. The van der Waals surface area contributed by atoms with Crippen molar-refractivity contribution in [2.75, 3.05) is 0 Å². The summed E-state index contributed by atoms with van der Waals surface area (Å²) in [7, 11) is 0. The van der Waals surface area contributed by atoms with Gasteiger partial charge in [0, 0.05) is 5.92 Å². The maximum Gasteiger partial charge on any atom is 0.0288 e. The molecule has 6 aromatic carbocycles. The lowest BCUT2D eigenvalue weighted by molar-refractivity contribution is 0.576. The molecule has 1 atom stereocenters. The van der Waals surface area contributed by atoms with Crippen LogP contribution >= 0.6 is 0 Å². The molecule has 0 heteroatoms. The van der Waals surface area contributed by atoms with Crippen molar-refractivity contribution in [3.05, 3.63) is 194 Å². The van der Waals surface area contributed by atoms with Crippen LogP contribution in [0.15, 0.2) is 140 Å². The summed E-state index contributed by atoms with van der Waals surface area (Å²) in [5, 5.41) is 2.68. The van der Waals surface area contributed by atoms with E-state index < -0.39 is 0 Å². The molecule has 0 amide bonds. The second-order valence-electron chi connectivity index (χ2n) is 15.8. The lowest BCUT2D eigenvalue weighted by Crippen LogP contribution is -2.34. The van der Waals surface area contributed by atoms with Crippen LogP contribution in [0.2, 0.25) is 0 Å². The molecule has 0 heterocycles. The average molecular weight is 633 g/mol. The molecule has 8 rings (SSSR count). The number of hydrogen-bond acceptors (Lipinski definition) is 0. The van der Waals surface area contributed by atoms with Crippen LogP contribution in [0.3, 0.4) is 0 Å². The smallest absolute Gasteiger partial charge is 0.0288 e. The first-order valence-electron chi connectivity index (χ1n) is 17.6. The lowest BCUT2D eigenvalue weighted by atomic mass is 9.74. The minimum absolute atomic E-state index is 0.0741. The molecular formula is C49H44. The fraction of sp³-hybridized carbons (Fsp3) is 0.184. The van der Waals surface area contributed by atoms with E-state index in [4.69, 9.17) is 0 Å². The van der Waals surface area contributed by atoms with Gasteiger partial charge in [-0.15, -0.1) is 0 Å². The summed E-state index contributed by atoms with van der Waals surface area (Å²) in [6.45, 7) is 14.1. The number of allylic oxidation sites excluding steroid dienone is 1. The topological polar surface area (TPSA) is 0 Å². The third-order valence-corrected chi connectivity index (χ3v) is 10.4. The van der Waals surface area contributed by atoms with Gasteiger partial charge >= 0.3 is 0 Å². The fourth-order valence-electron chi connectivity index (χ4n) is 8.02. The number of rotatable bonds is 4. The summed E-state index contributed by atoms with van der Waals surface area (Å²) in [6, 6.07) is 49.5. The SMILES string of the molecule is CC(C)(C)c1ccc2c(c1)C=c1c-2cc(=C(c2ccccc2)c2ccccc2)c(C(C)(C)C)c1C1C=Cc2ccc(-c3ccccc3)cc21. The van der Waals surface area contributed by atoms with Crippen molar-refractivity contribution in [3.8, 4) is 22.3 Å². The molecule has 0 N–H and O–H groups in total. The van der Waals surface area contributed by atoms with Gasteiger partial charge in [0.25, 0.3) is 0 Å². The molecule has 49 heavy (non-hydrogen) atoms. The highest BCUT2D eigenvalue weighted by Gasteiger charge is 2.32. The Morgan fingerprint density at radius 3 is 1.78 bits per heavy atom. The van der Waals surface area contributed by atoms with Gasteiger partial charge in [0.05, 0.1) is 0 Å². The van der Waals surface area contributed by atoms with Gasteiger partial charge in [-0.05, 0) is 112 Å². The maximum absolute atomic E-state index is 2.52. The normalized spacial score (nSPS) is 14.6. The zero-order valence-electron chi connectivity index (χ0n) is 29.5. The van der Waals surface area contributed by atoms with Gasteiger partial charge < -0.3 is 0 Å². The third-order valence-electron chi connectivity index (χ3n) is 10.4. The van der Waals surface area contributed by atoms with Gasteiger partial charge in [0.15, 0.2) is 0 Å². The fourth-order valence-corrected chi connectivity index (χ4v) is 8.02. The van der Waals surface area contributed by atoms with Crippen molar-refractivity contribution < 1.29 is 0 Å². The van der Waals surface area contributed by atoms with E-state index in [9.17, 15) is 0 Å². The molecule has 2 aliphatic rings. The van der Waals surface area contributed by atoms with Gasteiger partial charge in [-0.3, -0.25) is 0 Å². The monoisotopic (exact) mass is 632 g/mol. The van der Waals surface area contributed by atoms with Crippen molar-refractivity contribution in [3.63, 3.8) is 0 Å². The first kappa shape index (κ1) is 31.1. The molecule has 0 bridgehead atoms. The Morgan fingerprint density at radius 1 is 0.531 bits per heavy atom. The van der Waals surface area contributed by atoms with Crippen LogP contribution in [0.25, 0.3) is 40.0 Å². The van der Waals surface area contributed by atoms with E-state index in [2.05, 4.69) is 193 Å². The molecule has 0 radical (unpaired) electrons. The van der Waals surface area contributed by atoms with E-state index >= 15 is 0 Å². The summed E-state index contributed by atoms with van der Waals surface area (Å²) < 4.78 is 0. The minimum Gasteiger partial charge on any atom is -0.0720 e. The highest BCUT2D eigenvalue weighted by Crippen LogP contribution is 2.42. The van der Waals surface area contributed by atoms with Gasteiger partial charge in [0.1, 0.15) is 0 Å². The van der Waals surface area contributed by atoms with Gasteiger partial charge in [-0.1, -0.05) is 175 Å². The quantitative estimate of drug-likeness (QED) is 0.181. The Balaban J connectivity index is 1.52. The van der Waals surface area contributed by atoms with Crippen molar-refractivity contribution in [2.24, 2.45) is 0 Å². The van der Waals surface area contributed by atoms with Crippen LogP contribution in [-0.2, 0) is 10.8 Å². The molecule has 2 aliphatic carbocycles. The van der Waals surface area contributed by atoms with Gasteiger partial charge in [0.2, 0.25) is 0 Å². The van der Waals surface area contributed by atoms with Crippen molar-refractivity contribution in [2.45, 2.75) is 58.3 Å². The molecule has 0 nitrogen and oxygen atoms in total. The van der Waals surface area contributed by atoms with Crippen molar-refractivity contribution in [1.29, 1.82) is 0 Å². The van der Waals surface area contributed by atoms with Crippen LogP contribution < -0.4 is 10.4 Å². The van der Waals surface area contributed by atoms with Crippen LogP contribution in [0, 0.1) is 0 Å². The maximum atomic E-state index is 2.52. The average Bonchev–Trinajstić information content (AvgIpc) is 3.69. The molecule has 0 saturated heterocycles. The molecule has 0 fully saturated rings. The lowest BCUT2D eigenvalue weighted by Gasteiger charge is -2.29. The Labute approximate surface area is 291 Å². The second kappa shape index (κ2) is 11.7. The van der Waals surface area contributed by atoms with Gasteiger partial charge in [-0.2, -0.15) is 0 Å². The molecular weight excluding hydrogens is 589 g/mol. The third kappa shape index (κ3) is 5.50. The molecule has 0 spiro atoms. The Bertz CT molecular complexity index is 2320. The van der Waals surface area contributed by atoms with E-state index in [1.165, 1.54) is 82.8 Å². The second-order valence-corrected chi connectivity index (χ2v) is 15.8. The van der Waals surface area contributed by atoms with Crippen LogP contribution in [0.4, 0.5) is 0 Å². The Morgan fingerprint density at radius 2 is 1.16 bits per heavy atom. The largest absolute Gasteiger partial charge is 0.0720 e. The number of fused-ring (bicyclic) bond motifs is 4. The summed E-state index contributed by atoms with van der Waals surface area (Å²) >= 11 is 0. The first-order chi connectivity index (χ1) is 23.6.